The van der Waals surface area contributed by atoms with Crippen molar-refractivity contribution in [2.24, 2.45) is 44.8 Å². The Morgan fingerprint density at radius 2 is 1.23 bits per heavy atom. The zero-order chi connectivity index (χ0) is 54.7. The zero-order valence-electron chi connectivity index (χ0n) is 43.7. The Morgan fingerprint density at radius 3 is 1.87 bits per heavy atom. The van der Waals surface area contributed by atoms with Gasteiger partial charge in [0.25, 0.3) is 0 Å². The second-order valence-corrected chi connectivity index (χ2v) is 25.2. The molecule has 8 fully saturated rings. The second-order valence-electron chi connectivity index (χ2n) is 25.2. The molecule has 23 nitrogen and oxygen atoms in total. The Hall–Kier alpha value is -1.63. The summed E-state index contributed by atoms with van der Waals surface area (Å²) in [4.78, 5) is 14.7. The van der Waals surface area contributed by atoms with Gasteiger partial charge in [0, 0.05) is 10.8 Å². The number of fused-ring (bicyclic) bond motifs is 7. The molecular weight excluding hydrogens is 993 g/mol. The number of hydrogen-bond acceptors (Lipinski definition) is 23. The predicted octanol–water partition coefficient (Wildman–Crippen LogP) is -2.67. The van der Waals surface area contributed by atoms with Crippen LogP contribution in [-0.2, 0) is 42.7 Å². The van der Waals surface area contributed by atoms with Gasteiger partial charge in [0.2, 0.25) is 6.29 Å². The topological polar surface area (TPSA) is 374 Å². The third-order valence-electron chi connectivity index (χ3n) is 20.5. The average molecular weight is 1080 g/mol. The van der Waals surface area contributed by atoms with Crippen LogP contribution in [0.15, 0.2) is 11.6 Å². The molecule has 9 aliphatic rings. The van der Waals surface area contributed by atoms with Gasteiger partial charge in [0.05, 0.1) is 49.7 Å². The lowest BCUT2D eigenvalue weighted by Gasteiger charge is -2.70. The number of aliphatic hydroxyl groups is 14. The van der Waals surface area contributed by atoms with E-state index in [1.165, 1.54) is 6.92 Å². The first-order chi connectivity index (χ1) is 35.2. The van der Waals surface area contributed by atoms with Crippen molar-refractivity contribution in [1.82, 2.24) is 0 Å². The van der Waals surface area contributed by atoms with Gasteiger partial charge in [0.15, 0.2) is 18.9 Å². The van der Waals surface area contributed by atoms with E-state index in [1.54, 1.807) is 0 Å². The van der Waals surface area contributed by atoms with Gasteiger partial charge in [-0.15, -0.1) is 0 Å². The van der Waals surface area contributed by atoms with Crippen molar-refractivity contribution in [3.63, 3.8) is 0 Å². The third kappa shape index (κ3) is 9.39. The van der Waals surface area contributed by atoms with Crippen molar-refractivity contribution in [3.05, 3.63) is 11.6 Å². The zero-order valence-corrected chi connectivity index (χ0v) is 43.7. The standard InChI is InChI=1S/C52H84O23/c1-22-31(57)40(73-42-37(63)35(61)33(59)26(18-53)70-42)39(65)44(69-22)74-41-32(58)25(56)20-68-45(41)72-30-10-11-48(4)28(49(30,5)21-55)9-12-50(6)29(48)8-7-23-24-17-47(2,3)13-14-51(24,15-16-52(23,50)67)46(66)75-43-38(64)36(62)34(60)27(19-54)71-43/h7,22,24-45,53-65,67H,8-21H2,1-6H3. The van der Waals surface area contributed by atoms with E-state index in [0.29, 0.717) is 51.4 Å². The molecule has 4 heterocycles. The highest BCUT2D eigenvalue weighted by Gasteiger charge is 2.72. The predicted molar refractivity (Wildman–Crippen MR) is 254 cm³/mol. The fraction of sp³-hybridized carbons (Fsp3) is 0.942. The highest BCUT2D eigenvalue weighted by Crippen LogP contribution is 2.73. The van der Waals surface area contributed by atoms with Crippen LogP contribution < -0.4 is 0 Å². The molecule has 4 saturated carbocycles. The second kappa shape index (κ2) is 21.0. The highest BCUT2D eigenvalue weighted by atomic mass is 16.8. The Labute approximate surface area is 436 Å². The molecule has 0 aromatic rings. The van der Waals surface area contributed by atoms with Crippen LogP contribution in [0.1, 0.15) is 106 Å². The first-order valence-corrected chi connectivity index (χ1v) is 27.0. The maximum absolute atomic E-state index is 14.7. The van der Waals surface area contributed by atoms with E-state index in [2.05, 4.69) is 33.8 Å². The molecule has 75 heavy (non-hydrogen) atoms. The van der Waals surface area contributed by atoms with E-state index in [1.807, 2.05) is 6.92 Å². The summed E-state index contributed by atoms with van der Waals surface area (Å²) in [6, 6.07) is 0. The van der Waals surface area contributed by atoms with Crippen LogP contribution in [0.3, 0.4) is 0 Å². The Kier molecular flexibility index (Phi) is 16.3. The van der Waals surface area contributed by atoms with Gasteiger partial charge >= 0.3 is 5.97 Å². The molecule has 4 aliphatic heterocycles. The molecule has 0 radical (unpaired) electrons. The summed E-state index contributed by atoms with van der Waals surface area (Å²) in [5.41, 5.74) is -3.97. The summed E-state index contributed by atoms with van der Waals surface area (Å²) in [6.07, 6.45) is -24.1. The monoisotopic (exact) mass is 1080 g/mol. The minimum absolute atomic E-state index is 0.103. The van der Waals surface area contributed by atoms with Crippen molar-refractivity contribution in [1.29, 1.82) is 0 Å². The number of allylic oxidation sites excluding steroid dienone is 1. The summed E-state index contributed by atoms with van der Waals surface area (Å²) >= 11 is 0. The van der Waals surface area contributed by atoms with Gasteiger partial charge in [-0.05, 0) is 105 Å². The van der Waals surface area contributed by atoms with Crippen LogP contribution in [0, 0.1) is 44.8 Å². The molecule has 9 rings (SSSR count). The number of carbonyl (C=O) groups is 1. The summed E-state index contributed by atoms with van der Waals surface area (Å²) < 4.78 is 47.6. The van der Waals surface area contributed by atoms with Crippen LogP contribution in [0.5, 0.6) is 0 Å². The fourth-order valence-electron chi connectivity index (χ4n) is 15.8. The molecule has 5 aliphatic carbocycles. The van der Waals surface area contributed by atoms with Crippen molar-refractivity contribution in [2.45, 2.75) is 234 Å². The first-order valence-electron chi connectivity index (χ1n) is 27.0. The molecule has 0 aromatic carbocycles. The van der Waals surface area contributed by atoms with E-state index in [-0.39, 0.29) is 43.3 Å². The molecule has 28 unspecified atom stereocenters. The van der Waals surface area contributed by atoms with Gasteiger partial charge in [-0.3, -0.25) is 4.79 Å². The molecule has 23 heteroatoms. The molecule has 430 valence electrons. The quantitative estimate of drug-likeness (QED) is 0.0570. The van der Waals surface area contributed by atoms with Gasteiger partial charge in [-0.25, -0.2) is 0 Å². The van der Waals surface area contributed by atoms with Crippen LogP contribution in [0.25, 0.3) is 0 Å². The van der Waals surface area contributed by atoms with Crippen LogP contribution in [0.2, 0.25) is 0 Å². The summed E-state index contributed by atoms with van der Waals surface area (Å²) in [5, 5.41) is 153. The summed E-state index contributed by atoms with van der Waals surface area (Å²) in [6.45, 7) is 9.91. The normalized spacial score (nSPS) is 54.8. The first kappa shape index (κ1) is 58.0. The third-order valence-corrected chi connectivity index (χ3v) is 20.5. The van der Waals surface area contributed by atoms with E-state index in [9.17, 15) is 76.3 Å². The van der Waals surface area contributed by atoms with E-state index >= 15 is 0 Å². The van der Waals surface area contributed by atoms with Crippen LogP contribution >= 0.6 is 0 Å². The van der Waals surface area contributed by atoms with Gasteiger partial charge in [-0.1, -0.05) is 40.7 Å². The lowest BCUT2D eigenvalue weighted by Crippen LogP contribution is -2.69. The molecular formula is C52H84O23. The summed E-state index contributed by atoms with van der Waals surface area (Å²) in [7, 11) is 0. The Bertz CT molecular complexity index is 2060. The molecule has 0 amide bonds. The fourth-order valence-corrected chi connectivity index (χ4v) is 15.8. The molecule has 14 N–H and O–H groups in total. The number of aliphatic hydroxyl groups excluding tert-OH is 13. The molecule has 0 aromatic heterocycles. The smallest absolute Gasteiger partial charge is 0.315 e. The average Bonchev–Trinajstić information content (AvgIpc) is 3.37. The van der Waals surface area contributed by atoms with Crippen LogP contribution in [0.4, 0.5) is 0 Å². The van der Waals surface area contributed by atoms with Crippen LogP contribution in [-0.4, -0.2) is 232 Å². The lowest BCUT2D eigenvalue weighted by molar-refractivity contribution is -0.383. The number of ether oxygens (including phenoxy) is 8. The highest BCUT2D eigenvalue weighted by molar-refractivity contribution is 5.79. The Balaban J connectivity index is 0.936. The van der Waals surface area contributed by atoms with Gasteiger partial charge in [-0.2, -0.15) is 0 Å². The lowest BCUT2D eigenvalue weighted by atomic mass is 9.35. The minimum atomic E-state index is -1.86. The SMILES string of the molecule is CC1OC(OC2C(OC3CCC4(C)C(CCC5(C)C4CC=C4C6CC(C)(C)CCC6(C(=O)OC6OC(CO)C(O)C(O)C6O)CCC45O)C3(C)CO)OCC(O)C2O)C(O)C(OC2OC(CO)C(O)C(O)C2O)C1O. The number of esters is 1. The van der Waals surface area contributed by atoms with Crippen molar-refractivity contribution < 1.29 is 114 Å². The number of rotatable bonds is 11. The van der Waals surface area contributed by atoms with Crippen molar-refractivity contribution in [2.75, 3.05) is 26.4 Å². The molecule has 0 bridgehead atoms. The van der Waals surface area contributed by atoms with Gasteiger partial charge in [0.1, 0.15) is 85.5 Å². The van der Waals surface area contributed by atoms with E-state index in [0.717, 1.165) is 5.57 Å². The molecule has 28 atom stereocenters. The van der Waals surface area contributed by atoms with Gasteiger partial charge < -0.3 is 109 Å². The Morgan fingerprint density at radius 1 is 0.627 bits per heavy atom. The van der Waals surface area contributed by atoms with E-state index < -0.39 is 175 Å². The van der Waals surface area contributed by atoms with Crippen molar-refractivity contribution in [3.8, 4) is 0 Å². The summed E-state index contributed by atoms with van der Waals surface area (Å²) in [5.74, 6) is -1.36. The maximum atomic E-state index is 14.7. The van der Waals surface area contributed by atoms with Crippen molar-refractivity contribution >= 4 is 5.97 Å². The number of carbonyl (C=O) groups excluding carboxylic acids is 1. The molecule has 0 spiro atoms. The maximum Gasteiger partial charge on any atom is 0.315 e. The number of hydrogen-bond donors (Lipinski definition) is 14. The van der Waals surface area contributed by atoms with E-state index in [4.69, 9.17) is 37.9 Å². The molecule has 4 saturated heterocycles. The minimum Gasteiger partial charge on any atom is -0.432 e. The largest absolute Gasteiger partial charge is 0.432 e.